The van der Waals surface area contributed by atoms with Crippen LogP contribution in [0.3, 0.4) is 0 Å². The number of carbonyl (C=O) groups is 3. The SMILES string of the molecule is C=Cc1c2[n-]c(c1C)/C=C1\[N-]/C(=C3\c4[n-]c(c(C)c4C(=O)[C@@H]3C(=O)OC)/C=c3\[n-]/c(c(C)c3CC)=C\2)[C@@H](CCC(=O)OCCC(C)CCC[C@H](C)CCCC)[C@@H]1C.[Mg+2]. The number of esters is 2. The normalized spacial score (nSPS) is 22.4. The first-order valence-corrected chi connectivity index (χ1v) is 21.1. The Kier molecular flexibility index (Phi) is 15.0. The summed E-state index contributed by atoms with van der Waals surface area (Å²) in [5.74, 6) is -1.70. The van der Waals surface area contributed by atoms with E-state index in [1.54, 1.807) is 0 Å². The molecule has 0 spiro atoms. The molecule has 0 N–H and O–H groups in total. The number of nitrogens with zero attached hydrogens (tertiary/aromatic N) is 4. The Balaban J connectivity index is 0.00000641. The van der Waals surface area contributed by atoms with Gasteiger partial charge in [-0.3, -0.25) is 14.4 Å². The Morgan fingerprint density at radius 1 is 0.879 bits per heavy atom. The van der Waals surface area contributed by atoms with Gasteiger partial charge in [0.05, 0.1) is 13.7 Å². The Hall–Kier alpha value is -4.02. The Labute approximate surface area is 360 Å². The zero-order valence-electron chi connectivity index (χ0n) is 36.2. The van der Waals surface area contributed by atoms with Gasteiger partial charge >= 0.3 is 35.0 Å². The van der Waals surface area contributed by atoms with Gasteiger partial charge in [0.2, 0.25) is 0 Å². The molecule has 0 saturated carbocycles. The molecular weight excluding hydrogens is 737 g/mol. The topological polar surface area (TPSA) is 126 Å². The maximum absolute atomic E-state index is 14.3. The van der Waals surface area contributed by atoms with E-state index in [0.717, 1.165) is 75.2 Å². The summed E-state index contributed by atoms with van der Waals surface area (Å²) in [6, 6.07) is 0. The number of hydrogen-bond donors (Lipinski definition) is 0. The van der Waals surface area contributed by atoms with E-state index >= 15 is 0 Å². The van der Waals surface area contributed by atoms with Crippen LogP contribution in [-0.4, -0.2) is 54.5 Å². The summed E-state index contributed by atoms with van der Waals surface area (Å²) in [4.78, 5) is 56.3. The first-order valence-electron chi connectivity index (χ1n) is 21.1. The third kappa shape index (κ3) is 8.93. The predicted octanol–water partition coefficient (Wildman–Crippen LogP) is 8.00. The van der Waals surface area contributed by atoms with Gasteiger partial charge in [0.15, 0.2) is 5.78 Å². The van der Waals surface area contributed by atoms with Crippen molar-refractivity contribution in [2.75, 3.05) is 13.7 Å². The van der Waals surface area contributed by atoms with E-state index in [9.17, 15) is 14.4 Å². The molecule has 0 amide bonds. The largest absolute Gasteiger partial charge is 2.00 e. The number of Topliss-reactive ketones (excluding diaryl/α,β-unsaturated/α-hetero) is 1. The van der Waals surface area contributed by atoms with Crippen LogP contribution in [0, 0.1) is 50.4 Å². The van der Waals surface area contributed by atoms with Crippen LogP contribution < -0.4 is 25.7 Å². The van der Waals surface area contributed by atoms with E-state index < -0.39 is 11.9 Å². The van der Waals surface area contributed by atoms with Crippen molar-refractivity contribution in [1.82, 2.24) is 15.0 Å². The molecule has 1 aliphatic carbocycles. The smallest absolute Gasteiger partial charge is 0.664 e. The third-order valence-corrected chi connectivity index (χ3v) is 12.7. The summed E-state index contributed by atoms with van der Waals surface area (Å²) in [6.07, 6.45) is 17.4. The zero-order chi connectivity index (χ0) is 41.1. The number of hydrogen-bond acceptors (Lipinski definition) is 5. The second kappa shape index (κ2) is 19.4. The van der Waals surface area contributed by atoms with E-state index in [1.165, 1.54) is 39.2 Å². The summed E-state index contributed by atoms with van der Waals surface area (Å²) in [6.45, 7) is 21.5. The number of allylic oxidation sites excluding steroid dienone is 2. The third-order valence-electron chi connectivity index (χ3n) is 12.7. The fourth-order valence-electron chi connectivity index (χ4n) is 9.02. The van der Waals surface area contributed by atoms with Crippen LogP contribution in [0.1, 0.15) is 153 Å². The first-order chi connectivity index (χ1) is 27.3. The summed E-state index contributed by atoms with van der Waals surface area (Å²) in [5, 5.41) is 6.83. The number of ketones is 1. The number of carbonyl (C=O) groups excluding carboxylic acids is 3. The van der Waals surface area contributed by atoms with Gasteiger partial charge in [-0.2, -0.15) is 11.4 Å². The van der Waals surface area contributed by atoms with Gasteiger partial charge in [-0.1, -0.05) is 132 Å². The number of ether oxygens (including phenoxy) is 2. The van der Waals surface area contributed by atoms with Crippen molar-refractivity contribution < 1.29 is 23.9 Å². The number of unbranched alkanes of at least 4 members (excludes halogenated alkanes) is 1. The van der Waals surface area contributed by atoms with Crippen LogP contribution in [0.15, 0.2) is 18.0 Å². The number of aromatic nitrogens is 3. The van der Waals surface area contributed by atoms with Crippen LogP contribution in [0.25, 0.3) is 35.2 Å². The maximum Gasteiger partial charge on any atom is 2.00 e. The first kappa shape index (κ1) is 45.1. The molecule has 3 aromatic rings. The molecule has 0 aromatic carbocycles. The van der Waals surface area contributed by atoms with Gasteiger partial charge in [-0.05, 0) is 69.3 Å². The average molecular weight is 797 g/mol. The Morgan fingerprint density at radius 3 is 2.22 bits per heavy atom. The monoisotopic (exact) mass is 796 g/mol. The van der Waals surface area contributed by atoms with Gasteiger partial charge in [-0.15, -0.1) is 33.5 Å². The van der Waals surface area contributed by atoms with E-state index in [0.29, 0.717) is 52.7 Å². The molecule has 10 heteroatoms. The van der Waals surface area contributed by atoms with E-state index in [1.807, 2.05) is 38.2 Å². The standard InChI is InChI=1S/C48H61N4O5.Mg/c1-11-14-16-26(4)17-15-18-27(5)21-22-57-41(53)20-19-34-30(8)37-23-35-28(6)32(12-2)39(49-35)24-36-29(7)33(13-3)40(50-36)25-38-31(9)42-46(52-38)43(45(34)51-37)44(47(42)54)48(55)56-10;/h12,23-27,30,34,44H,2,11,13-22H2,1,3-10H3,(H-,51,52,54);/q-3;+2/p-1/b36-24-,37-23-,40-25-;/t26-,27?,30+,34+,44-;/m1./s1. The second-order valence-corrected chi connectivity index (χ2v) is 16.6. The molecule has 1 fully saturated rings. The number of rotatable bonds is 16. The molecule has 9 nitrogen and oxygen atoms in total. The quantitative estimate of drug-likeness (QED) is 0.0812. The van der Waals surface area contributed by atoms with Gasteiger partial charge < -0.3 is 29.7 Å². The summed E-state index contributed by atoms with van der Waals surface area (Å²) >= 11 is 0. The number of fused-ring (bicyclic) bond motifs is 7. The summed E-state index contributed by atoms with van der Waals surface area (Å²) in [5.41, 5.74) is 9.54. The second-order valence-electron chi connectivity index (χ2n) is 16.6. The number of methoxy groups -OCH3 is 1. The predicted molar refractivity (Wildman–Crippen MR) is 232 cm³/mol. The Bertz CT molecular complexity index is 2230. The van der Waals surface area contributed by atoms with Crippen molar-refractivity contribution in [3.8, 4) is 0 Å². The van der Waals surface area contributed by atoms with Gasteiger partial charge in [0.1, 0.15) is 5.92 Å². The molecule has 2 aliphatic heterocycles. The molecule has 306 valence electrons. The van der Waals surface area contributed by atoms with Crippen molar-refractivity contribution in [3.05, 3.63) is 90.1 Å². The van der Waals surface area contributed by atoms with E-state index in [-0.39, 0.29) is 53.1 Å². The molecule has 6 rings (SSSR count). The molecule has 5 atom stereocenters. The van der Waals surface area contributed by atoms with Gasteiger partial charge in [-0.25, -0.2) is 0 Å². The molecule has 1 saturated heterocycles. The minimum absolute atomic E-state index is 0. The van der Waals surface area contributed by atoms with Gasteiger partial charge in [0.25, 0.3) is 0 Å². The average Bonchev–Trinajstić information content (AvgIpc) is 3.93. The molecule has 58 heavy (non-hydrogen) atoms. The molecule has 1 unspecified atom stereocenters. The summed E-state index contributed by atoms with van der Waals surface area (Å²) in [7, 11) is 1.30. The zero-order valence-corrected chi connectivity index (χ0v) is 37.6. The van der Waals surface area contributed by atoms with Crippen LogP contribution in [0.5, 0.6) is 0 Å². The van der Waals surface area contributed by atoms with Crippen LogP contribution in [-0.2, 0) is 25.5 Å². The fourth-order valence-corrected chi connectivity index (χ4v) is 9.02. The molecule has 8 bridgehead atoms. The van der Waals surface area contributed by atoms with Gasteiger partial charge in [0, 0.05) is 12.0 Å². The van der Waals surface area contributed by atoms with Crippen molar-refractivity contribution in [3.63, 3.8) is 0 Å². The molecule has 3 aromatic heterocycles. The van der Waals surface area contributed by atoms with Crippen LogP contribution in [0.2, 0.25) is 0 Å². The van der Waals surface area contributed by atoms with Crippen molar-refractivity contribution in [2.24, 2.45) is 29.6 Å². The van der Waals surface area contributed by atoms with E-state index in [4.69, 9.17) is 29.7 Å². The van der Waals surface area contributed by atoms with Crippen molar-refractivity contribution in [2.45, 2.75) is 120 Å². The van der Waals surface area contributed by atoms with Crippen LogP contribution >= 0.6 is 0 Å². The maximum atomic E-state index is 14.3. The van der Waals surface area contributed by atoms with Crippen LogP contribution in [0.4, 0.5) is 0 Å². The Morgan fingerprint density at radius 2 is 1.55 bits per heavy atom. The molecule has 5 heterocycles. The molecule has 0 radical (unpaired) electrons. The fraction of sp³-hybridized carbons (Fsp3) is 0.521. The van der Waals surface area contributed by atoms with E-state index in [2.05, 4.69) is 48.1 Å². The van der Waals surface area contributed by atoms with Crippen molar-refractivity contribution in [1.29, 1.82) is 0 Å². The summed E-state index contributed by atoms with van der Waals surface area (Å²) < 4.78 is 11.0. The molecule has 3 aliphatic rings. The minimum Gasteiger partial charge on any atom is -0.664 e. The molecular formula is C48H60MgN4O5-2. The van der Waals surface area contributed by atoms with Crippen molar-refractivity contribution >= 4 is 70.7 Å². The minimum atomic E-state index is -1.21.